The molecule has 1 atom stereocenters. The molecule has 0 radical (unpaired) electrons. The highest BCUT2D eigenvalue weighted by Gasteiger charge is 2.32. The van der Waals surface area contributed by atoms with Crippen molar-refractivity contribution in [3.8, 4) is 0 Å². The zero-order chi connectivity index (χ0) is 13.9. The molecule has 0 saturated heterocycles. The van der Waals surface area contributed by atoms with Crippen LogP contribution in [0, 0.1) is 0 Å². The fraction of sp³-hybridized carbons (Fsp3) is 0.0625. The van der Waals surface area contributed by atoms with Crippen LogP contribution in [-0.4, -0.2) is 16.3 Å². The van der Waals surface area contributed by atoms with Gasteiger partial charge in [-0.3, -0.25) is 0 Å². The molecule has 1 unspecified atom stereocenters. The van der Waals surface area contributed by atoms with Crippen molar-refractivity contribution in [2.75, 3.05) is 0 Å². The number of aliphatic hydroxyl groups excluding tert-OH is 2. The van der Waals surface area contributed by atoms with Gasteiger partial charge in [0.05, 0.1) is 0 Å². The summed E-state index contributed by atoms with van der Waals surface area (Å²) in [5, 5.41) is 28.1. The van der Waals surface area contributed by atoms with E-state index in [2.05, 4.69) is 0 Å². The van der Waals surface area contributed by atoms with Gasteiger partial charge in [0.1, 0.15) is 11.9 Å². The summed E-state index contributed by atoms with van der Waals surface area (Å²) in [6.07, 6.45) is 6.83. The van der Waals surface area contributed by atoms with Crippen molar-refractivity contribution in [3.05, 3.63) is 80.0 Å². The van der Waals surface area contributed by atoms with Crippen LogP contribution in [0.15, 0.2) is 74.4 Å². The summed E-state index contributed by atoms with van der Waals surface area (Å²) in [4.78, 5) is 0. The third-order valence-electron chi connectivity index (χ3n) is 3.14. The molecule has 2 heterocycles. The maximum Gasteiger partial charge on any atom is 0.211 e. The number of allylic oxidation sites excluding steroid dienone is 3. The summed E-state index contributed by atoms with van der Waals surface area (Å²) in [6.45, 7) is 0. The van der Waals surface area contributed by atoms with Gasteiger partial charge in [-0.1, -0.05) is 0 Å². The Hall–Kier alpha value is -1.62. The minimum absolute atomic E-state index is 0.178. The van der Waals surface area contributed by atoms with E-state index in [4.69, 9.17) is 0 Å². The van der Waals surface area contributed by atoms with E-state index in [1.807, 2.05) is 58.0 Å². The molecule has 4 heteroatoms. The smallest absolute Gasteiger partial charge is 0.211 e. The SMILES string of the molecule is OC1=C(C=C2C=CSC=C2)C(O)C1=Cc1cc[s+]cc1. The van der Waals surface area contributed by atoms with E-state index < -0.39 is 6.10 Å². The molecule has 3 rings (SSSR count). The number of thioether (sulfide) groups is 1. The first-order valence-corrected chi connectivity index (χ1v) is 8.03. The number of aliphatic hydroxyl groups is 2. The zero-order valence-corrected chi connectivity index (χ0v) is 12.2. The molecule has 0 amide bonds. The van der Waals surface area contributed by atoms with E-state index in [1.165, 1.54) is 0 Å². The maximum absolute atomic E-state index is 10.1. The standard InChI is InChI=1S/C16H12O2S2/c17-15-13(9-11-1-5-19-6-2-11)16(18)14(15)10-12-3-7-20-8-4-12/h1-10,15,17H/p+1. The minimum atomic E-state index is -0.720. The monoisotopic (exact) mass is 301 g/mol. The van der Waals surface area contributed by atoms with Crippen molar-refractivity contribution >= 4 is 29.2 Å². The Bertz CT molecular complexity index is 653. The van der Waals surface area contributed by atoms with E-state index in [0.29, 0.717) is 11.1 Å². The average Bonchev–Trinajstić information content (AvgIpc) is 2.52. The highest BCUT2D eigenvalue weighted by molar-refractivity contribution is 8.04. The van der Waals surface area contributed by atoms with Crippen LogP contribution in [0.3, 0.4) is 0 Å². The fourth-order valence-electron chi connectivity index (χ4n) is 2.03. The second kappa shape index (κ2) is 5.79. The van der Waals surface area contributed by atoms with Gasteiger partial charge in [-0.05, 0) is 46.3 Å². The van der Waals surface area contributed by atoms with Crippen molar-refractivity contribution in [1.29, 1.82) is 0 Å². The van der Waals surface area contributed by atoms with Gasteiger partial charge in [0.25, 0.3) is 0 Å². The first-order chi connectivity index (χ1) is 9.75. The molecule has 2 aliphatic rings. The summed E-state index contributed by atoms with van der Waals surface area (Å²) in [5.74, 6) is 0.178. The predicted octanol–water partition coefficient (Wildman–Crippen LogP) is 4.30. The third kappa shape index (κ3) is 2.63. The Kier molecular flexibility index (Phi) is 3.87. The molecule has 0 aromatic carbocycles. The molecular weight excluding hydrogens is 288 g/mol. The molecule has 0 spiro atoms. The number of hydrogen-bond acceptors (Lipinski definition) is 3. The predicted molar refractivity (Wildman–Crippen MR) is 86.3 cm³/mol. The highest BCUT2D eigenvalue weighted by Crippen LogP contribution is 2.36. The molecular formula is C16H13O2S2+. The van der Waals surface area contributed by atoms with E-state index >= 15 is 0 Å². The average molecular weight is 301 g/mol. The lowest BCUT2D eigenvalue weighted by Gasteiger charge is -2.27. The first-order valence-electron chi connectivity index (χ1n) is 6.14. The Morgan fingerprint density at radius 1 is 1.10 bits per heavy atom. The molecule has 0 bridgehead atoms. The van der Waals surface area contributed by atoms with E-state index in [0.717, 1.165) is 11.1 Å². The largest absolute Gasteiger partial charge is 0.507 e. The molecule has 0 fully saturated rings. The van der Waals surface area contributed by atoms with Gasteiger partial charge in [-0.2, -0.15) is 0 Å². The van der Waals surface area contributed by atoms with E-state index in [1.54, 1.807) is 23.1 Å². The molecule has 1 aliphatic carbocycles. The van der Waals surface area contributed by atoms with E-state index in [9.17, 15) is 10.2 Å². The van der Waals surface area contributed by atoms with Crippen molar-refractivity contribution < 1.29 is 10.2 Å². The van der Waals surface area contributed by atoms with Crippen LogP contribution >= 0.6 is 23.1 Å². The van der Waals surface area contributed by atoms with Crippen LogP contribution in [0.2, 0.25) is 0 Å². The van der Waals surface area contributed by atoms with Crippen molar-refractivity contribution in [2.24, 2.45) is 0 Å². The summed E-state index contributed by atoms with van der Waals surface area (Å²) >= 11 is 3.20. The molecule has 0 saturated carbocycles. The number of hydrogen-bond donors (Lipinski definition) is 2. The summed E-state index contributed by atoms with van der Waals surface area (Å²) in [7, 11) is 0. The Morgan fingerprint density at radius 2 is 1.80 bits per heavy atom. The van der Waals surface area contributed by atoms with Gasteiger partial charge in [-0.25, -0.2) is 0 Å². The quantitative estimate of drug-likeness (QED) is 0.800. The van der Waals surface area contributed by atoms with Gasteiger partial charge in [0, 0.05) is 23.3 Å². The van der Waals surface area contributed by atoms with Crippen LogP contribution in [0.25, 0.3) is 6.08 Å². The second-order valence-corrected chi connectivity index (χ2v) is 6.07. The topological polar surface area (TPSA) is 40.5 Å². The van der Waals surface area contributed by atoms with Crippen LogP contribution in [-0.2, 0) is 0 Å². The van der Waals surface area contributed by atoms with Crippen LogP contribution in [0.1, 0.15) is 5.56 Å². The van der Waals surface area contributed by atoms with Crippen LogP contribution in [0.4, 0.5) is 0 Å². The highest BCUT2D eigenvalue weighted by atomic mass is 32.2. The second-order valence-electron chi connectivity index (χ2n) is 4.43. The number of rotatable bonds is 2. The first kappa shape index (κ1) is 13.4. The van der Waals surface area contributed by atoms with Gasteiger partial charge in [0.2, 0.25) is 11.3 Å². The lowest BCUT2D eigenvalue weighted by atomic mass is 9.84. The van der Waals surface area contributed by atoms with Gasteiger partial charge in [-0.15, -0.1) is 11.8 Å². The molecule has 2 N–H and O–H groups in total. The molecule has 1 aromatic rings. The lowest BCUT2D eigenvalue weighted by Crippen LogP contribution is -2.26. The fourth-order valence-corrected chi connectivity index (χ4v) is 3.16. The van der Waals surface area contributed by atoms with Crippen molar-refractivity contribution in [3.63, 3.8) is 0 Å². The van der Waals surface area contributed by atoms with Crippen molar-refractivity contribution in [1.82, 2.24) is 0 Å². The van der Waals surface area contributed by atoms with Gasteiger partial charge >= 0.3 is 0 Å². The van der Waals surface area contributed by atoms with Gasteiger partial charge < -0.3 is 10.2 Å². The summed E-state index contributed by atoms with van der Waals surface area (Å²) < 4.78 is 0. The molecule has 1 aliphatic heterocycles. The summed E-state index contributed by atoms with van der Waals surface area (Å²) in [5.41, 5.74) is 3.10. The van der Waals surface area contributed by atoms with Crippen LogP contribution < -0.4 is 0 Å². The minimum Gasteiger partial charge on any atom is -0.507 e. The Morgan fingerprint density at radius 3 is 2.45 bits per heavy atom. The Labute approximate surface area is 125 Å². The molecule has 20 heavy (non-hydrogen) atoms. The van der Waals surface area contributed by atoms with Crippen molar-refractivity contribution in [2.45, 2.75) is 6.10 Å². The Balaban J connectivity index is 1.88. The zero-order valence-electron chi connectivity index (χ0n) is 10.6. The van der Waals surface area contributed by atoms with Crippen LogP contribution in [0.5, 0.6) is 0 Å². The molecule has 1 aromatic heterocycles. The lowest BCUT2D eigenvalue weighted by molar-refractivity contribution is 0.208. The third-order valence-corrected chi connectivity index (χ3v) is 4.31. The normalized spacial score (nSPS) is 23.1. The molecule has 2 nitrogen and oxygen atoms in total. The summed E-state index contributed by atoms with van der Waals surface area (Å²) in [6, 6.07) is 3.91. The molecule has 100 valence electrons. The maximum atomic E-state index is 10.1. The van der Waals surface area contributed by atoms with E-state index in [-0.39, 0.29) is 5.76 Å². The van der Waals surface area contributed by atoms with Gasteiger partial charge in [0.15, 0.2) is 10.8 Å².